The maximum absolute atomic E-state index is 10.3. The molecular weight excluding hydrogens is 632 g/mol. The Kier molecular flexibility index (Phi) is 36.0. The molecule has 298 valence electrons. The van der Waals surface area contributed by atoms with Gasteiger partial charge in [-0.25, -0.2) is 4.79 Å². The summed E-state index contributed by atoms with van der Waals surface area (Å²) >= 11 is 0. The van der Waals surface area contributed by atoms with E-state index >= 15 is 0 Å². The van der Waals surface area contributed by atoms with E-state index in [9.17, 15) is 14.4 Å². The van der Waals surface area contributed by atoms with Gasteiger partial charge in [0.1, 0.15) is 0 Å². The largest absolute Gasteiger partial charge is 0.481 e. The third-order valence-corrected chi connectivity index (χ3v) is 10.3. The highest BCUT2D eigenvalue weighted by molar-refractivity contribution is 5.88. The second kappa shape index (κ2) is 35.7. The van der Waals surface area contributed by atoms with Crippen LogP contribution in [0.5, 0.6) is 0 Å². The number of aliphatic hydroxyl groups excluding tert-OH is 1. The average molecular weight is 715 g/mol. The van der Waals surface area contributed by atoms with Gasteiger partial charge in [-0.05, 0) is 37.5 Å². The van der Waals surface area contributed by atoms with Gasteiger partial charge in [-0.3, -0.25) is 9.59 Å². The highest BCUT2D eigenvalue weighted by Crippen LogP contribution is 2.42. The normalized spacial score (nSPS) is 11.7. The van der Waals surface area contributed by atoms with E-state index in [0.717, 1.165) is 6.42 Å². The van der Waals surface area contributed by atoms with Crippen molar-refractivity contribution in [2.75, 3.05) is 6.61 Å². The fourth-order valence-electron chi connectivity index (χ4n) is 7.15. The topological polar surface area (TPSA) is 152 Å². The number of aliphatic hydroxyl groups is 2. The lowest BCUT2D eigenvalue weighted by Gasteiger charge is -2.35. The van der Waals surface area contributed by atoms with E-state index in [1.165, 1.54) is 193 Å². The lowest BCUT2D eigenvalue weighted by Crippen LogP contribution is -2.42. The van der Waals surface area contributed by atoms with E-state index in [0.29, 0.717) is 12.0 Å². The Morgan fingerprint density at radius 1 is 0.400 bits per heavy atom. The molecular formula is C42H82O8. The van der Waals surface area contributed by atoms with Crippen molar-refractivity contribution in [1.29, 1.82) is 0 Å². The molecule has 50 heavy (non-hydrogen) atoms. The smallest absolute Gasteiger partial charge is 0.336 e. The average Bonchev–Trinajstić information content (AvgIpc) is 3.06. The Balaban J connectivity index is 0. The Labute approximate surface area is 307 Å². The molecule has 0 spiro atoms. The Bertz CT molecular complexity index is 727. The van der Waals surface area contributed by atoms with Gasteiger partial charge < -0.3 is 25.5 Å². The molecule has 0 saturated carbocycles. The van der Waals surface area contributed by atoms with E-state index in [1.54, 1.807) is 0 Å². The molecule has 0 amide bonds. The maximum Gasteiger partial charge on any atom is 0.336 e. The molecule has 0 fully saturated rings. The van der Waals surface area contributed by atoms with Crippen molar-refractivity contribution in [3.05, 3.63) is 0 Å². The van der Waals surface area contributed by atoms with Gasteiger partial charge in [-0.15, -0.1) is 0 Å². The quantitative estimate of drug-likeness (QED) is 0.0399. The van der Waals surface area contributed by atoms with Crippen LogP contribution in [0.3, 0.4) is 0 Å². The van der Waals surface area contributed by atoms with Crippen LogP contribution in [-0.2, 0) is 14.4 Å². The maximum atomic E-state index is 10.3. The summed E-state index contributed by atoms with van der Waals surface area (Å²) in [6, 6.07) is 0. The predicted molar refractivity (Wildman–Crippen MR) is 207 cm³/mol. The SMILES string of the molecule is CCCCCCCCC(CCCCCCCC)(CCCCCCCC)CCCCCCCCCCCO.O=C(O)CC(O)(CC(=O)O)C(=O)O. The van der Waals surface area contributed by atoms with E-state index < -0.39 is 36.4 Å². The van der Waals surface area contributed by atoms with Crippen LogP contribution in [0, 0.1) is 5.41 Å². The number of rotatable bonds is 37. The molecule has 0 heterocycles. The minimum Gasteiger partial charge on any atom is -0.481 e. The van der Waals surface area contributed by atoms with Crippen LogP contribution in [-0.4, -0.2) is 55.6 Å². The summed E-state index contributed by atoms with van der Waals surface area (Å²) in [5.41, 5.74) is -2.08. The third kappa shape index (κ3) is 32.3. The summed E-state index contributed by atoms with van der Waals surface area (Å²) in [4.78, 5) is 30.5. The second-order valence-electron chi connectivity index (χ2n) is 15.2. The Morgan fingerprint density at radius 3 is 0.860 bits per heavy atom. The highest BCUT2D eigenvalue weighted by atomic mass is 16.4. The summed E-state index contributed by atoms with van der Waals surface area (Å²) in [5.74, 6) is -5.02. The van der Waals surface area contributed by atoms with Gasteiger partial charge in [0.25, 0.3) is 0 Å². The zero-order chi connectivity index (χ0) is 37.8. The zero-order valence-electron chi connectivity index (χ0n) is 33.0. The van der Waals surface area contributed by atoms with Gasteiger partial charge in [-0.1, -0.05) is 188 Å². The van der Waals surface area contributed by atoms with Crippen molar-refractivity contribution in [2.45, 2.75) is 238 Å². The van der Waals surface area contributed by atoms with Crippen molar-refractivity contribution in [3.63, 3.8) is 0 Å². The molecule has 0 aromatic carbocycles. The van der Waals surface area contributed by atoms with Crippen molar-refractivity contribution in [1.82, 2.24) is 0 Å². The number of aliphatic carboxylic acids is 3. The van der Waals surface area contributed by atoms with E-state index in [1.807, 2.05) is 0 Å². The van der Waals surface area contributed by atoms with Gasteiger partial charge in [0, 0.05) is 6.61 Å². The predicted octanol–water partition coefficient (Wildman–Crippen LogP) is 11.9. The van der Waals surface area contributed by atoms with Crippen molar-refractivity contribution in [3.8, 4) is 0 Å². The fourth-order valence-corrected chi connectivity index (χ4v) is 7.15. The van der Waals surface area contributed by atoms with Crippen LogP contribution >= 0.6 is 0 Å². The molecule has 0 unspecified atom stereocenters. The van der Waals surface area contributed by atoms with E-state index in [2.05, 4.69) is 20.8 Å². The van der Waals surface area contributed by atoms with Crippen molar-refractivity contribution < 1.29 is 39.9 Å². The van der Waals surface area contributed by atoms with Crippen molar-refractivity contribution >= 4 is 17.9 Å². The second-order valence-corrected chi connectivity index (χ2v) is 15.2. The molecule has 0 aliphatic rings. The standard InChI is InChI=1S/C36H74O.C6H8O7/c1-4-7-10-13-21-26-31-36(32-27-22-14-11-8-5-2,33-28-23-15-12-9-6-3)34-29-24-19-17-16-18-20-25-30-35-37;7-3(8)1-6(13,5(11)12)2-4(9)10/h37H,4-35H2,1-3H3;13H,1-2H2,(H,7,8)(H,9,10)(H,11,12). The van der Waals surface area contributed by atoms with Crippen LogP contribution in [0.4, 0.5) is 0 Å². The van der Waals surface area contributed by atoms with Crippen LogP contribution in [0.1, 0.15) is 233 Å². The van der Waals surface area contributed by atoms with Crippen LogP contribution in [0.15, 0.2) is 0 Å². The first-order chi connectivity index (χ1) is 24.0. The fraction of sp³-hybridized carbons (Fsp3) is 0.929. The van der Waals surface area contributed by atoms with E-state index in [-0.39, 0.29) is 0 Å². The zero-order valence-corrected chi connectivity index (χ0v) is 33.0. The number of carbonyl (C=O) groups is 3. The molecule has 0 aromatic rings. The minimum atomic E-state index is -2.74. The lowest BCUT2D eigenvalue weighted by atomic mass is 9.70. The van der Waals surface area contributed by atoms with Crippen molar-refractivity contribution in [2.24, 2.45) is 5.41 Å². The van der Waals surface area contributed by atoms with Crippen LogP contribution in [0.2, 0.25) is 0 Å². The highest BCUT2D eigenvalue weighted by Gasteiger charge is 2.40. The Hall–Kier alpha value is -1.67. The molecule has 0 atom stereocenters. The lowest BCUT2D eigenvalue weighted by molar-refractivity contribution is -0.170. The first kappa shape index (κ1) is 50.4. The minimum absolute atomic E-state index is 0.373. The molecule has 8 nitrogen and oxygen atoms in total. The van der Waals surface area contributed by atoms with Gasteiger partial charge in [-0.2, -0.15) is 0 Å². The molecule has 5 N–H and O–H groups in total. The van der Waals surface area contributed by atoms with Crippen LogP contribution in [0.25, 0.3) is 0 Å². The molecule has 0 aliphatic carbocycles. The van der Waals surface area contributed by atoms with Gasteiger partial charge in [0.15, 0.2) is 5.60 Å². The molecule has 8 heteroatoms. The molecule has 0 radical (unpaired) electrons. The van der Waals surface area contributed by atoms with Gasteiger partial charge in [0.05, 0.1) is 12.8 Å². The number of carboxylic acid groups (broad SMARTS) is 3. The molecule has 0 aliphatic heterocycles. The first-order valence-electron chi connectivity index (χ1n) is 21.0. The molecule has 0 aromatic heterocycles. The monoisotopic (exact) mass is 715 g/mol. The number of hydrogen-bond acceptors (Lipinski definition) is 5. The summed E-state index contributed by atoms with van der Waals surface area (Å²) in [6.45, 7) is 7.38. The van der Waals surface area contributed by atoms with Crippen LogP contribution < -0.4 is 0 Å². The number of unbranched alkanes of at least 4 members (excludes halogenated alkanes) is 23. The van der Waals surface area contributed by atoms with Gasteiger partial charge >= 0.3 is 17.9 Å². The third-order valence-electron chi connectivity index (χ3n) is 10.3. The molecule has 0 rings (SSSR count). The Morgan fingerprint density at radius 2 is 0.640 bits per heavy atom. The number of hydrogen-bond donors (Lipinski definition) is 5. The van der Waals surface area contributed by atoms with Gasteiger partial charge in [0.2, 0.25) is 0 Å². The first-order valence-corrected chi connectivity index (χ1v) is 21.0. The molecule has 0 bridgehead atoms. The summed E-state index contributed by atoms with van der Waals surface area (Å²) in [5, 5.41) is 42.7. The molecule has 0 saturated heterocycles. The summed E-state index contributed by atoms with van der Waals surface area (Å²) < 4.78 is 0. The summed E-state index contributed by atoms with van der Waals surface area (Å²) in [7, 11) is 0. The number of carboxylic acids is 3. The summed E-state index contributed by atoms with van der Waals surface area (Å²) in [6.07, 6.45) is 42.0. The van der Waals surface area contributed by atoms with E-state index in [4.69, 9.17) is 25.5 Å².